The average molecular weight is 355 g/mol. The molecule has 0 atom stereocenters. The summed E-state index contributed by atoms with van der Waals surface area (Å²) in [5.74, 6) is 0.492. The number of halogens is 1. The van der Waals surface area contributed by atoms with Crippen LogP contribution in [0.15, 0.2) is 42.0 Å². The minimum Gasteiger partial charge on any atom is -0.486 e. The molecular weight excluding hydrogens is 340 g/mol. The molecule has 2 aromatic carbocycles. The molecule has 1 amide bonds. The van der Waals surface area contributed by atoms with Crippen LogP contribution >= 0.6 is 11.6 Å². The Morgan fingerprint density at radius 1 is 1.24 bits per heavy atom. The van der Waals surface area contributed by atoms with Gasteiger partial charge in [0.1, 0.15) is 24.9 Å². The molecule has 1 aliphatic heterocycles. The van der Waals surface area contributed by atoms with E-state index in [0.29, 0.717) is 41.0 Å². The summed E-state index contributed by atoms with van der Waals surface area (Å²) < 4.78 is 11.0. The van der Waals surface area contributed by atoms with Crippen LogP contribution < -0.4 is 14.8 Å². The van der Waals surface area contributed by atoms with Crippen LogP contribution in [-0.2, 0) is 4.79 Å². The van der Waals surface area contributed by atoms with Gasteiger partial charge >= 0.3 is 0 Å². The first kappa shape index (κ1) is 16.9. The van der Waals surface area contributed by atoms with Crippen molar-refractivity contribution in [3.05, 3.63) is 58.1 Å². The predicted octanol–water partition coefficient (Wildman–Crippen LogP) is 3.97. The molecule has 0 saturated heterocycles. The van der Waals surface area contributed by atoms with Crippen LogP contribution in [0.2, 0.25) is 5.02 Å². The van der Waals surface area contributed by atoms with Crippen LogP contribution in [0.3, 0.4) is 0 Å². The van der Waals surface area contributed by atoms with Crippen LogP contribution in [0, 0.1) is 18.3 Å². The molecule has 1 heterocycles. The standard InChI is InChI=1S/C19H15ClN2O3/c1-12-2-4-15(5-3-12)22-19(23)14(11-21)8-13-9-16(20)18-17(10-13)24-6-7-25-18/h2-5,8-10H,6-7H2,1H3,(H,22,23)/b14-8+. The van der Waals surface area contributed by atoms with Crippen molar-refractivity contribution in [1.29, 1.82) is 5.26 Å². The fourth-order valence-electron chi connectivity index (χ4n) is 2.36. The summed E-state index contributed by atoms with van der Waals surface area (Å²) in [6.45, 7) is 2.82. The normalized spacial score (nSPS) is 13.1. The first-order valence-corrected chi connectivity index (χ1v) is 8.03. The Kier molecular flexibility index (Phi) is 4.92. The zero-order chi connectivity index (χ0) is 17.8. The second-order valence-corrected chi connectivity index (χ2v) is 5.92. The molecule has 0 spiro atoms. The van der Waals surface area contributed by atoms with Gasteiger partial charge in [-0.05, 0) is 42.8 Å². The van der Waals surface area contributed by atoms with Gasteiger partial charge in [-0.3, -0.25) is 4.79 Å². The second kappa shape index (κ2) is 7.29. The van der Waals surface area contributed by atoms with E-state index in [2.05, 4.69) is 5.32 Å². The van der Waals surface area contributed by atoms with Crippen molar-refractivity contribution in [3.8, 4) is 17.6 Å². The van der Waals surface area contributed by atoms with Crippen molar-refractivity contribution < 1.29 is 14.3 Å². The lowest BCUT2D eigenvalue weighted by atomic mass is 10.1. The Labute approximate surface area is 150 Å². The van der Waals surface area contributed by atoms with E-state index in [1.165, 1.54) is 6.08 Å². The monoisotopic (exact) mass is 354 g/mol. The van der Waals surface area contributed by atoms with Gasteiger partial charge in [-0.1, -0.05) is 29.3 Å². The highest BCUT2D eigenvalue weighted by Crippen LogP contribution is 2.38. The Balaban J connectivity index is 1.85. The minimum atomic E-state index is -0.489. The molecule has 0 saturated carbocycles. The molecule has 2 aromatic rings. The number of nitriles is 1. The molecule has 0 bridgehead atoms. The third-order valence-electron chi connectivity index (χ3n) is 3.60. The molecule has 0 aromatic heterocycles. The summed E-state index contributed by atoms with van der Waals surface area (Å²) in [5.41, 5.74) is 2.26. The Hall–Kier alpha value is -2.97. The van der Waals surface area contributed by atoms with Gasteiger partial charge in [-0.25, -0.2) is 0 Å². The number of nitrogens with zero attached hydrogens (tertiary/aromatic N) is 1. The molecule has 1 N–H and O–H groups in total. The van der Waals surface area contributed by atoms with Crippen LogP contribution in [0.4, 0.5) is 5.69 Å². The van der Waals surface area contributed by atoms with Crippen LogP contribution in [-0.4, -0.2) is 19.1 Å². The molecule has 0 aliphatic carbocycles. The lowest BCUT2D eigenvalue weighted by Gasteiger charge is -2.19. The van der Waals surface area contributed by atoms with Gasteiger partial charge < -0.3 is 14.8 Å². The summed E-state index contributed by atoms with van der Waals surface area (Å²) in [6.07, 6.45) is 1.47. The maximum atomic E-state index is 12.3. The number of nitrogens with one attached hydrogen (secondary N) is 1. The van der Waals surface area contributed by atoms with E-state index in [-0.39, 0.29) is 5.57 Å². The third kappa shape index (κ3) is 3.93. The van der Waals surface area contributed by atoms with Gasteiger partial charge in [0.15, 0.2) is 11.5 Å². The largest absolute Gasteiger partial charge is 0.486 e. The molecule has 126 valence electrons. The number of rotatable bonds is 3. The number of fused-ring (bicyclic) bond motifs is 1. The summed E-state index contributed by atoms with van der Waals surface area (Å²) in [7, 11) is 0. The number of hydrogen-bond donors (Lipinski definition) is 1. The molecule has 6 heteroatoms. The van der Waals surface area contributed by atoms with E-state index in [9.17, 15) is 10.1 Å². The SMILES string of the molecule is Cc1ccc(NC(=O)/C(C#N)=C/c2cc(Cl)c3c(c2)OCCO3)cc1. The molecule has 0 fully saturated rings. The number of carbonyl (C=O) groups excluding carboxylic acids is 1. The maximum Gasteiger partial charge on any atom is 0.266 e. The van der Waals surface area contributed by atoms with E-state index in [0.717, 1.165) is 5.56 Å². The van der Waals surface area contributed by atoms with Crippen molar-refractivity contribution in [1.82, 2.24) is 0 Å². The van der Waals surface area contributed by atoms with E-state index < -0.39 is 5.91 Å². The van der Waals surface area contributed by atoms with E-state index in [1.54, 1.807) is 24.3 Å². The third-order valence-corrected chi connectivity index (χ3v) is 3.89. The van der Waals surface area contributed by atoms with Crippen molar-refractivity contribution in [2.75, 3.05) is 18.5 Å². The topological polar surface area (TPSA) is 71.4 Å². The second-order valence-electron chi connectivity index (χ2n) is 5.52. The van der Waals surface area contributed by atoms with Crippen molar-refractivity contribution in [3.63, 3.8) is 0 Å². The lowest BCUT2D eigenvalue weighted by Crippen LogP contribution is -2.16. The predicted molar refractivity (Wildman–Crippen MR) is 95.8 cm³/mol. The zero-order valence-corrected chi connectivity index (χ0v) is 14.3. The first-order chi connectivity index (χ1) is 12.1. The Bertz CT molecular complexity index is 883. The number of amides is 1. The van der Waals surface area contributed by atoms with Crippen molar-refractivity contribution in [2.24, 2.45) is 0 Å². The van der Waals surface area contributed by atoms with Crippen molar-refractivity contribution >= 4 is 29.3 Å². The van der Waals surface area contributed by atoms with Gasteiger partial charge in [0.2, 0.25) is 0 Å². The van der Waals surface area contributed by atoms with Crippen LogP contribution in [0.25, 0.3) is 6.08 Å². The van der Waals surface area contributed by atoms with E-state index >= 15 is 0 Å². The molecule has 0 unspecified atom stereocenters. The molecule has 1 aliphatic rings. The summed E-state index contributed by atoms with van der Waals surface area (Å²) in [4.78, 5) is 12.3. The Morgan fingerprint density at radius 3 is 2.68 bits per heavy atom. The fraction of sp³-hybridized carbons (Fsp3) is 0.158. The molecule has 25 heavy (non-hydrogen) atoms. The van der Waals surface area contributed by atoms with Gasteiger partial charge in [0, 0.05) is 5.69 Å². The minimum absolute atomic E-state index is 0.0340. The smallest absolute Gasteiger partial charge is 0.266 e. The molecule has 0 radical (unpaired) electrons. The fourth-order valence-corrected chi connectivity index (χ4v) is 2.64. The number of hydrogen-bond acceptors (Lipinski definition) is 4. The van der Waals surface area contributed by atoms with E-state index in [1.807, 2.05) is 25.1 Å². The molecule has 3 rings (SSSR count). The summed E-state index contributed by atoms with van der Waals surface area (Å²) in [6, 6.07) is 12.6. The summed E-state index contributed by atoms with van der Waals surface area (Å²) in [5, 5.41) is 12.4. The highest BCUT2D eigenvalue weighted by Gasteiger charge is 2.17. The van der Waals surface area contributed by atoms with Crippen LogP contribution in [0.5, 0.6) is 11.5 Å². The van der Waals surface area contributed by atoms with Crippen molar-refractivity contribution in [2.45, 2.75) is 6.92 Å². The van der Waals surface area contributed by atoms with E-state index in [4.69, 9.17) is 21.1 Å². The quantitative estimate of drug-likeness (QED) is 0.668. The number of carbonyl (C=O) groups is 1. The van der Waals surface area contributed by atoms with Gasteiger partial charge in [0.05, 0.1) is 5.02 Å². The highest BCUT2D eigenvalue weighted by molar-refractivity contribution is 6.32. The van der Waals surface area contributed by atoms with Crippen LogP contribution in [0.1, 0.15) is 11.1 Å². The zero-order valence-electron chi connectivity index (χ0n) is 13.5. The average Bonchev–Trinajstić information content (AvgIpc) is 2.61. The number of aryl methyl sites for hydroxylation is 1. The molecule has 5 nitrogen and oxygen atoms in total. The highest BCUT2D eigenvalue weighted by atomic mass is 35.5. The number of ether oxygens (including phenoxy) is 2. The number of anilines is 1. The number of benzene rings is 2. The van der Waals surface area contributed by atoms with Gasteiger partial charge in [0.25, 0.3) is 5.91 Å². The molecular formula is C19H15ClN2O3. The van der Waals surface area contributed by atoms with Gasteiger partial charge in [-0.2, -0.15) is 5.26 Å². The first-order valence-electron chi connectivity index (χ1n) is 7.66. The van der Waals surface area contributed by atoms with Gasteiger partial charge in [-0.15, -0.1) is 0 Å². The Morgan fingerprint density at radius 2 is 1.96 bits per heavy atom. The lowest BCUT2D eigenvalue weighted by molar-refractivity contribution is -0.112. The summed E-state index contributed by atoms with van der Waals surface area (Å²) >= 11 is 6.18. The maximum absolute atomic E-state index is 12.3.